The van der Waals surface area contributed by atoms with E-state index >= 15 is 0 Å². The van der Waals surface area contributed by atoms with E-state index in [1.807, 2.05) is 0 Å². The van der Waals surface area contributed by atoms with Crippen molar-refractivity contribution in [3.8, 4) is 0 Å². The fourth-order valence-electron chi connectivity index (χ4n) is 5.65. The molecular weight excluding hydrogens is 360 g/mol. The fraction of sp³-hybridized carbons (Fsp3) is 0.667. The molecule has 0 heteroatoms. The van der Waals surface area contributed by atoms with E-state index in [9.17, 15) is 0 Å². The summed E-state index contributed by atoms with van der Waals surface area (Å²) in [7, 11) is 0. The minimum Gasteiger partial charge on any atom is -0.103 e. The second kappa shape index (κ2) is 12.5. The molecule has 0 aliphatic heterocycles. The molecule has 0 spiro atoms. The molecule has 0 fully saturated rings. The zero-order valence-corrected chi connectivity index (χ0v) is 20.3. The van der Waals surface area contributed by atoms with E-state index in [2.05, 4.69) is 64.3 Å². The Hall–Kier alpha value is -1.30. The van der Waals surface area contributed by atoms with Crippen molar-refractivity contribution in [3.05, 3.63) is 60.3 Å². The standard InChI is InChI=1S/C30H47/c1-6-11-14-17-28-22-26-23-29(18-9-4,19-10-5)24-27(26)25-30(28,20-15-12-7-2)21-16-13-8-3/h9-10,22,24H,4-8,11-21,25H2,1-3H3. The van der Waals surface area contributed by atoms with Crippen LogP contribution < -0.4 is 0 Å². The van der Waals surface area contributed by atoms with Crippen LogP contribution in [0.2, 0.25) is 0 Å². The molecule has 0 aromatic heterocycles. The highest BCUT2D eigenvalue weighted by atomic mass is 14.4. The van der Waals surface area contributed by atoms with Gasteiger partial charge >= 0.3 is 0 Å². The summed E-state index contributed by atoms with van der Waals surface area (Å²) in [6.45, 7) is 15.0. The van der Waals surface area contributed by atoms with Gasteiger partial charge < -0.3 is 0 Å². The molecule has 0 amide bonds. The van der Waals surface area contributed by atoms with Gasteiger partial charge in [-0.15, -0.1) is 13.2 Å². The van der Waals surface area contributed by atoms with Gasteiger partial charge in [-0.3, -0.25) is 0 Å². The number of hydrogen-bond acceptors (Lipinski definition) is 0. The van der Waals surface area contributed by atoms with Gasteiger partial charge in [-0.05, 0) is 67.6 Å². The highest BCUT2D eigenvalue weighted by Crippen LogP contribution is 2.54. The molecule has 0 nitrogen and oxygen atoms in total. The number of unbranched alkanes of at least 4 members (excludes halogenated alkanes) is 6. The summed E-state index contributed by atoms with van der Waals surface area (Å²) < 4.78 is 0. The predicted molar refractivity (Wildman–Crippen MR) is 134 cm³/mol. The third kappa shape index (κ3) is 6.35. The third-order valence-electron chi connectivity index (χ3n) is 7.29. The molecule has 0 N–H and O–H groups in total. The SMILES string of the molecule is C=CCC1(CC=C)[C]=C2C=C(CCCCC)C(CCCCC)(CCCCC)CC2=C1. The van der Waals surface area contributed by atoms with Crippen molar-refractivity contribution in [2.45, 2.75) is 117 Å². The highest BCUT2D eigenvalue weighted by Gasteiger charge is 2.41. The Morgan fingerprint density at radius 2 is 1.43 bits per heavy atom. The van der Waals surface area contributed by atoms with E-state index in [-0.39, 0.29) is 5.41 Å². The van der Waals surface area contributed by atoms with Gasteiger partial charge in [0.25, 0.3) is 0 Å². The molecule has 30 heavy (non-hydrogen) atoms. The first-order chi connectivity index (χ1) is 14.6. The Balaban J connectivity index is 2.40. The summed E-state index contributed by atoms with van der Waals surface area (Å²) >= 11 is 0. The third-order valence-corrected chi connectivity index (χ3v) is 7.29. The number of fused-ring (bicyclic) bond motifs is 1. The van der Waals surface area contributed by atoms with Crippen molar-refractivity contribution < 1.29 is 0 Å². The first kappa shape index (κ1) is 25.0. The zero-order chi connectivity index (χ0) is 21.9. The Morgan fingerprint density at radius 3 is 1.97 bits per heavy atom. The summed E-state index contributed by atoms with van der Waals surface area (Å²) in [5, 5.41) is 0. The van der Waals surface area contributed by atoms with E-state index in [4.69, 9.17) is 0 Å². The zero-order valence-electron chi connectivity index (χ0n) is 20.3. The molecule has 2 rings (SSSR count). The van der Waals surface area contributed by atoms with Gasteiger partial charge in [0.15, 0.2) is 0 Å². The second-order valence-corrected chi connectivity index (χ2v) is 9.85. The van der Waals surface area contributed by atoms with Crippen LogP contribution in [0.5, 0.6) is 0 Å². The summed E-state index contributed by atoms with van der Waals surface area (Å²) in [6, 6.07) is 0. The lowest BCUT2D eigenvalue weighted by Crippen LogP contribution is -2.28. The van der Waals surface area contributed by atoms with Crippen molar-refractivity contribution in [1.29, 1.82) is 0 Å². The molecule has 167 valence electrons. The smallest absolute Gasteiger partial charge is 0.0216 e. The van der Waals surface area contributed by atoms with Crippen molar-refractivity contribution in [1.82, 2.24) is 0 Å². The Bertz CT molecular complexity index is 619. The molecule has 0 aromatic carbocycles. The predicted octanol–water partition coefficient (Wildman–Crippen LogP) is 9.85. The van der Waals surface area contributed by atoms with Crippen molar-refractivity contribution in [3.63, 3.8) is 0 Å². The lowest BCUT2D eigenvalue weighted by molar-refractivity contribution is 0.262. The Labute approximate surface area is 188 Å². The van der Waals surface area contributed by atoms with Crippen LogP contribution in [0, 0.1) is 16.9 Å². The molecule has 0 heterocycles. The quantitative estimate of drug-likeness (QED) is 0.176. The van der Waals surface area contributed by atoms with E-state index < -0.39 is 0 Å². The maximum absolute atomic E-state index is 4.03. The average molecular weight is 408 g/mol. The van der Waals surface area contributed by atoms with Crippen LogP contribution in [0.4, 0.5) is 0 Å². The van der Waals surface area contributed by atoms with Gasteiger partial charge in [0.2, 0.25) is 0 Å². The summed E-state index contributed by atoms with van der Waals surface area (Å²) in [5.41, 5.74) is 5.07. The minimum atomic E-state index is -0.0118. The molecule has 2 aliphatic carbocycles. The van der Waals surface area contributed by atoms with Crippen LogP contribution in [0.25, 0.3) is 0 Å². The average Bonchev–Trinajstić information content (AvgIpc) is 3.05. The van der Waals surface area contributed by atoms with Crippen LogP contribution >= 0.6 is 0 Å². The monoisotopic (exact) mass is 407 g/mol. The largest absolute Gasteiger partial charge is 0.103 e. The Kier molecular flexibility index (Phi) is 10.4. The maximum atomic E-state index is 4.03. The van der Waals surface area contributed by atoms with Crippen LogP contribution in [-0.2, 0) is 0 Å². The van der Waals surface area contributed by atoms with Gasteiger partial charge in [0.1, 0.15) is 0 Å². The van der Waals surface area contributed by atoms with Crippen LogP contribution in [0.15, 0.2) is 54.2 Å². The van der Waals surface area contributed by atoms with Crippen molar-refractivity contribution in [2.75, 3.05) is 0 Å². The Morgan fingerprint density at radius 1 is 0.867 bits per heavy atom. The minimum absolute atomic E-state index is 0.0118. The van der Waals surface area contributed by atoms with E-state index in [0.29, 0.717) is 5.41 Å². The number of hydrogen-bond donors (Lipinski definition) is 0. The molecule has 0 saturated heterocycles. The van der Waals surface area contributed by atoms with Gasteiger partial charge in [-0.25, -0.2) is 0 Å². The van der Waals surface area contributed by atoms with Gasteiger partial charge in [-0.1, -0.05) is 102 Å². The van der Waals surface area contributed by atoms with Gasteiger partial charge in [0.05, 0.1) is 0 Å². The van der Waals surface area contributed by atoms with Gasteiger partial charge in [0, 0.05) is 5.41 Å². The summed E-state index contributed by atoms with van der Waals surface area (Å²) in [6.07, 6.45) is 32.4. The number of rotatable bonds is 16. The normalized spacial score (nSPS) is 19.0. The molecule has 2 aliphatic rings. The molecule has 0 atom stereocenters. The summed E-state index contributed by atoms with van der Waals surface area (Å²) in [5.74, 6) is 0. The lowest BCUT2D eigenvalue weighted by atomic mass is 9.63. The summed E-state index contributed by atoms with van der Waals surface area (Å²) in [4.78, 5) is 0. The topological polar surface area (TPSA) is 0 Å². The van der Waals surface area contributed by atoms with Crippen molar-refractivity contribution in [2.24, 2.45) is 10.8 Å². The molecule has 1 radical (unpaired) electrons. The fourth-order valence-corrected chi connectivity index (χ4v) is 5.65. The second-order valence-electron chi connectivity index (χ2n) is 9.85. The maximum Gasteiger partial charge on any atom is 0.0216 e. The van der Waals surface area contributed by atoms with E-state index in [1.54, 1.807) is 11.1 Å². The van der Waals surface area contributed by atoms with Crippen LogP contribution in [0.3, 0.4) is 0 Å². The highest BCUT2D eigenvalue weighted by molar-refractivity contribution is 5.53. The lowest BCUT2D eigenvalue weighted by Gasteiger charge is -2.41. The van der Waals surface area contributed by atoms with Crippen LogP contribution in [-0.4, -0.2) is 0 Å². The molecule has 0 bridgehead atoms. The van der Waals surface area contributed by atoms with Gasteiger partial charge in [-0.2, -0.15) is 0 Å². The first-order valence-electron chi connectivity index (χ1n) is 12.9. The first-order valence-corrected chi connectivity index (χ1v) is 12.9. The van der Waals surface area contributed by atoms with Crippen LogP contribution in [0.1, 0.15) is 117 Å². The van der Waals surface area contributed by atoms with E-state index in [0.717, 1.165) is 12.8 Å². The van der Waals surface area contributed by atoms with E-state index in [1.165, 1.54) is 89.0 Å². The molecule has 0 aromatic rings. The van der Waals surface area contributed by atoms with Crippen molar-refractivity contribution >= 4 is 0 Å². The molecule has 0 unspecified atom stereocenters. The molecule has 0 saturated carbocycles. The molecular formula is C30H47. The number of allylic oxidation sites excluding steroid dienone is 8.